The van der Waals surface area contributed by atoms with Crippen molar-refractivity contribution >= 4 is 34.2 Å². The Bertz CT molecular complexity index is 1240. The lowest BCUT2D eigenvalue weighted by Crippen LogP contribution is -2.62. The van der Waals surface area contributed by atoms with Crippen LogP contribution in [0.1, 0.15) is 49.0 Å². The number of hydrogen-bond donors (Lipinski definition) is 2. The molecule has 8 nitrogen and oxygen atoms in total. The van der Waals surface area contributed by atoms with E-state index in [0.717, 1.165) is 53.9 Å². The number of benzene rings is 1. The lowest BCUT2D eigenvalue weighted by atomic mass is 9.85. The molecule has 8 heteroatoms. The average molecular weight is 444 g/mol. The Labute approximate surface area is 193 Å². The van der Waals surface area contributed by atoms with Crippen molar-refractivity contribution in [3.05, 3.63) is 48.3 Å². The number of pyridine rings is 1. The van der Waals surface area contributed by atoms with E-state index >= 15 is 0 Å². The number of aromatic nitrogens is 3. The minimum absolute atomic E-state index is 0.0233. The number of hydrogen-bond acceptors (Lipinski definition) is 5. The first-order chi connectivity index (χ1) is 16.1. The number of carbonyl (C=O) groups excluding carboxylic acids is 1. The molecule has 2 fully saturated rings. The van der Waals surface area contributed by atoms with Crippen molar-refractivity contribution in [1.29, 1.82) is 0 Å². The molecule has 1 aromatic carbocycles. The fourth-order valence-corrected chi connectivity index (χ4v) is 5.57. The van der Waals surface area contributed by atoms with Gasteiger partial charge in [-0.05, 0) is 43.9 Å². The molecule has 3 aliphatic rings. The summed E-state index contributed by atoms with van der Waals surface area (Å²) in [6.07, 6.45) is 8.30. The van der Waals surface area contributed by atoms with Crippen LogP contribution in [0.3, 0.4) is 0 Å². The number of carbonyl (C=O) groups is 1. The zero-order valence-corrected chi connectivity index (χ0v) is 18.9. The lowest BCUT2D eigenvalue weighted by Gasteiger charge is -2.47. The molecule has 1 spiro atoms. The Kier molecular flexibility index (Phi) is 4.81. The number of nitrogens with zero attached hydrogens (tertiary/aromatic N) is 5. The third-order valence-electron chi connectivity index (χ3n) is 7.25. The van der Waals surface area contributed by atoms with Gasteiger partial charge in [0.1, 0.15) is 11.4 Å². The number of fused-ring (bicyclic) bond motifs is 2. The smallest absolute Gasteiger partial charge is 0.275 e. The van der Waals surface area contributed by atoms with Gasteiger partial charge in [0.25, 0.3) is 5.91 Å². The van der Waals surface area contributed by atoms with Crippen molar-refractivity contribution in [1.82, 2.24) is 19.7 Å². The van der Waals surface area contributed by atoms with Crippen LogP contribution in [-0.4, -0.2) is 56.1 Å². The number of likely N-dealkylation sites (tertiary alicyclic amines) is 1. The second-order valence-corrected chi connectivity index (χ2v) is 9.47. The van der Waals surface area contributed by atoms with Gasteiger partial charge in [-0.2, -0.15) is 5.10 Å². The fourth-order valence-electron chi connectivity index (χ4n) is 5.57. The maximum atomic E-state index is 13.7. The minimum Gasteiger partial charge on any atom is -0.368 e. The Hall–Kier alpha value is -3.42. The van der Waals surface area contributed by atoms with Crippen LogP contribution in [0.2, 0.25) is 0 Å². The van der Waals surface area contributed by atoms with Crippen molar-refractivity contribution in [2.24, 2.45) is 12.0 Å². The lowest BCUT2D eigenvalue weighted by molar-refractivity contribution is 0.0689. The highest BCUT2D eigenvalue weighted by Gasteiger charge is 2.45. The van der Waals surface area contributed by atoms with Crippen LogP contribution in [0.25, 0.3) is 10.9 Å². The van der Waals surface area contributed by atoms with Gasteiger partial charge in [-0.25, -0.2) is 4.98 Å². The van der Waals surface area contributed by atoms with Gasteiger partial charge in [0.05, 0.1) is 23.8 Å². The number of anilines is 2. The normalized spacial score (nSPS) is 24.2. The SMILES string of the molecule is Cn1nc(C(=O)N2CCC[C@@]3(C2)Nc2cccnc2NC3=NC2CCCC2)c2ccccc21. The van der Waals surface area contributed by atoms with Gasteiger partial charge in [-0.1, -0.05) is 31.0 Å². The minimum atomic E-state index is -0.447. The molecule has 33 heavy (non-hydrogen) atoms. The number of piperidine rings is 1. The maximum Gasteiger partial charge on any atom is 0.275 e. The van der Waals surface area contributed by atoms with E-state index in [9.17, 15) is 4.79 Å². The fraction of sp³-hybridized carbons (Fsp3) is 0.440. The molecule has 1 aliphatic carbocycles. The summed E-state index contributed by atoms with van der Waals surface area (Å²) < 4.78 is 1.79. The maximum absolute atomic E-state index is 13.7. The average Bonchev–Trinajstić information content (AvgIpc) is 3.47. The zero-order valence-electron chi connectivity index (χ0n) is 18.9. The van der Waals surface area contributed by atoms with Crippen LogP contribution in [-0.2, 0) is 7.05 Å². The summed E-state index contributed by atoms with van der Waals surface area (Å²) in [7, 11) is 1.89. The first-order valence-corrected chi connectivity index (χ1v) is 11.9. The van der Waals surface area contributed by atoms with E-state index < -0.39 is 5.54 Å². The second kappa shape index (κ2) is 7.86. The number of aryl methyl sites for hydroxylation is 1. The van der Waals surface area contributed by atoms with Crippen molar-refractivity contribution in [2.75, 3.05) is 23.7 Å². The highest BCUT2D eigenvalue weighted by atomic mass is 16.2. The van der Waals surface area contributed by atoms with Crippen molar-refractivity contribution in [2.45, 2.75) is 50.1 Å². The number of nitrogens with one attached hydrogen (secondary N) is 2. The predicted octanol–water partition coefficient (Wildman–Crippen LogP) is 3.82. The molecule has 2 aliphatic heterocycles. The summed E-state index contributed by atoms with van der Waals surface area (Å²) in [5, 5.41) is 12.8. The topological polar surface area (TPSA) is 87.4 Å². The summed E-state index contributed by atoms with van der Waals surface area (Å²) >= 11 is 0. The number of aliphatic imine (C=N–C) groups is 1. The van der Waals surface area contributed by atoms with E-state index in [-0.39, 0.29) is 5.91 Å². The number of rotatable bonds is 2. The van der Waals surface area contributed by atoms with Gasteiger partial charge < -0.3 is 15.5 Å². The summed E-state index contributed by atoms with van der Waals surface area (Å²) in [5.41, 5.74) is 2.00. The Morgan fingerprint density at radius 2 is 2.00 bits per heavy atom. The summed E-state index contributed by atoms with van der Waals surface area (Å²) in [5.74, 6) is 1.70. The first-order valence-electron chi connectivity index (χ1n) is 11.9. The number of amidine groups is 1. The van der Waals surface area contributed by atoms with Crippen molar-refractivity contribution in [3.8, 4) is 0 Å². The molecule has 0 bridgehead atoms. The van der Waals surface area contributed by atoms with Crippen LogP contribution in [0, 0.1) is 0 Å². The Balaban J connectivity index is 1.36. The molecule has 1 atom stereocenters. The molecule has 2 aromatic heterocycles. The summed E-state index contributed by atoms with van der Waals surface area (Å²) in [6.45, 7) is 1.26. The van der Waals surface area contributed by atoms with E-state index in [1.54, 1.807) is 10.9 Å². The standard InChI is InChI=1S/C25H29N7O/c1-31-20-12-5-4-10-18(20)21(30-31)23(33)32-15-7-13-25(16-32)24(27-17-8-2-3-9-17)28-22-19(29-25)11-6-14-26-22/h4-6,10-12,14,17,29H,2-3,7-9,13,15-16H2,1H3,(H,26,27,28)/t25-/m0/s1. The molecule has 4 heterocycles. The summed E-state index contributed by atoms with van der Waals surface area (Å²) in [4.78, 5) is 25.3. The molecule has 1 saturated heterocycles. The van der Waals surface area contributed by atoms with Gasteiger partial charge in [0.15, 0.2) is 11.5 Å². The Morgan fingerprint density at radius 1 is 1.15 bits per heavy atom. The van der Waals surface area contributed by atoms with Crippen molar-refractivity contribution < 1.29 is 4.79 Å². The van der Waals surface area contributed by atoms with Crippen LogP contribution >= 0.6 is 0 Å². The van der Waals surface area contributed by atoms with Gasteiger partial charge in [0.2, 0.25) is 0 Å². The Morgan fingerprint density at radius 3 is 2.88 bits per heavy atom. The van der Waals surface area contributed by atoms with Gasteiger partial charge in [-0.3, -0.25) is 14.5 Å². The molecule has 3 aromatic rings. The predicted molar refractivity (Wildman–Crippen MR) is 130 cm³/mol. The highest BCUT2D eigenvalue weighted by molar-refractivity contribution is 6.10. The van der Waals surface area contributed by atoms with E-state index in [4.69, 9.17) is 4.99 Å². The van der Waals surface area contributed by atoms with Gasteiger partial charge in [0, 0.05) is 25.2 Å². The van der Waals surface area contributed by atoms with E-state index in [1.807, 2.05) is 48.3 Å². The van der Waals surface area contributed by atoms with E-state index in [2.05, 4.69) is 20.7 Å². The monoisotopic (exact) mass is 443 g/mol. The third kappa shape index (κ3) is 3.44. The first kappa shape index (κ1) is 20.2. The molecule has 1 amide bonds. The van der Waals surface area contributed by atoms with Crippen LogP contribution in [0.4, 0.5) is 11.5 Å². The van der Waals surface area contributed by atoms with Crippen molar-refractivity contribution in [3.63, 3.8) is 0 Å². The second-order valence-electron chi connectivity index (χ2n) is 9.47. The van der Waals surface area contributed by atoms with Crippen LogP contribution < -0.4 is 10.6 Å². The quantitative estimate of drug-likeness (QED) is 0.629. The van der Waals surface area contributed by atoms with Gasteiger partial charge in [-0.15, -0.1) is 0 Å². The summed E-state index contributed by atoms with van der Waals surface area (Å²) in [6, 6.07) is 12.2. The highest BCUT2D eigenvalue weighted by Crippen LogP contribution is 2.36. The molecular weight excluding hydrogens is 414 g/mol. The number of para-hydroxylation sites is 1. The molecule has 1 saturated carbocycles. The molecule has 2 N–H and O–H groups in total. The third-order valence-corrected chi connectivity index (χ3v) is 7.25. The van der Waals surface area contributed by atoms with E-state index in [0.29, 0.717) is 24.8 Å². The zero-order chi connectivity index (χ0) is 22.4. The van der Waals surface area contributed by atoms with E-state index in [1.165, 1.54) is 12.8 Å². The molecule has 0 radical (unpaired) electrons. The molecule has 6 rings (SSSR count). The van der Waals surface area contributed by atoms with Gasteiger partial charge >= 0.3 is 0 Å². The van der Waals surface area contributed by atoms with Crippen LogP contribution in [0.15, 0.2) is 47.6 Å². The molecule has 0 unspecified atom stereocenters. The largest absolute Gasteiger partial charge is 0.368 e. The molecular formula is C25H29N7O. The van der Waals surface area contributed by atoms with Crippen LogP contribution in [0.5, 0.6) is 0 Å². The molecule has 170 valence electrons. The number of amides is 1.